The number of benzene rings is 1. The van der Waals surface area contributed by atoms with Gasteiger partial charge in [-0.3, -0.25) is 4.79 Å². The first-order valence-electron chi connectivity index (χ1n) is 4.90. The number of anilines is 1. The number of carbonyl (C=O) groups is 1. The van der Waals surface area contributed by atoms with E-state index in [1.807, 2.05) is 0 Å². The van der Waals surface area contributed by atoms with Gasteiger partial charge in [0.15, 0.2) is 0 Å². The molecule has 1 aromatic carbocycles. The number of nitrogen functional groups attached to an aromatic ring is 1. The number of rotatable bonds is 4. The van der Waals surface area contributed by atoms with Crippen molar-refractivity contribution in [2.75, 3.05) is 19.3 Å². The first-order valence-corrected chi connectivity index (χ1v) is 6.39. The molecule has 18 heavy (non-hydrogen) atoms. The van der Waals surface area contributed by atoms with Crippen LogP contribution < -0.4 is 15.8 Å². The summed E-state index contributed by atoms with van der Waals surface area (Å²) in [6.07, 6.45) is 0. The van der Waals surface area contributed by atoms with Gasteiger partial charge in [-0.1, -0.05) is 0 Å². The Morgan fingerprint density at radius 3 is 2.72 bits per heavy atom. The lowest BCUT2D eigenvalue weighted by Crippen LogP contribution is -2.35. The van der Waals surface area contributed by atoms with Crippen molar-refractivity contribution in [3.63, 3.8) is 0 Å². The summed E-state index contributed by atoms with van der Waals surface area (Å²) in [5.41, 5.74) is 5.68. The molecule has 0 aromatic heterocycles. The van der Waals surface area contributed by atoms with Crippen molar-refractivity contribution in [3.05, 3.63) is 23.8 Å². The number of carbonyl (C=O) groups excluding carboxylic acids is 1. The van der Waals surface area contributed by atoms with Gasteiger partial charge < -0.3 is 11.1 Å². The van der Waals surface area contributed by atoms with Gasteiger partial charge in [-0.05, 0) is 18.2 Å². The summed E-state index contributed by atoms with van der Waals surface area (Å²) in [5.74, 6) is -0.479. The number of sulfonamides is 1. The highest BCUT2D eigenvalue weighted by Gasteiger charge is 2.19. The average molecular weight is 268 g/mol. The van der Waals surface area contributed by atoms with Crippen molar-refractivity contribution in [1.82, 2.24) is 10.0 Å². The van der Waals surface area contributed by atoms with Gasteiger partial charge >= 0.3 is 0 Å². The fourth-order valence-electron chi connectivity index (χ4n) is 1.20. The fourth-order valence-corrected chi connectivity index (χ4v) is 2.31. The van der Waals surface area contributed by atoms with Crippen molar-refractivity contribution in [1.29, 1.82) is 5.26 Å². The second-order valence-corrected chi connectivity index (χ2v) is 5.10. The number of nitrogens with two attached hydrogens (primary N) is 1. The van der Waals surface area contributed by atoms with E-state index in [0.717, 1.165) is 0 Å². The third-order valence-electron chi connectivity index (χ3n) is 2.12. The fraction of sp³-hybridized carbons (Fsp3) is 0.200. The topological polar surface area (TPSA) is 125 Å². The molecule has 1 amide bonds. The van der Waals surface area contributed by atoms with Crippen molar-refractivity contribution in [2.45, 2.75) is 4.90 Å². The minimum Gasteiger partial charge on any atom is -0.399 e. The molecule has 0 fully saturated rings. The Bertz CT molecular complexity index is 604. The van der Waals surface area contributed by atoms with Crippen LogP contribution >= 0.6 is 0 Å². The first-order chi connectivity index (χ1) is 8.40. The molecule has 0 atom stereocenters. The Hall–Kier alpha value is -2.11. The van der Waals surface area contributed by atoms with E-state index in [0.29, 0.717) is 0 Å². The van der Waals surface area contributed by atoms with Crippen LogP contribution in [0.25, 0.3) is 0 Å². The molecule has 96 valence electrons. The van der Waals surface area contributed by atoms with Crippen LogP contribution in [0, 0.1) is 11.3 Å². The highest BCUT2D eigenvalue weighted by Crippen LogP contribution is 2.17. The maximum absolute atomic E-state index is 11.9. The molecule has 1 aromatic rings. The Balaban J connectivity index is 3.06. The Morgan fingerprint density at radius 2 is 2.17 bits per heavy atom. The highest BCUT2D eigenvalue weighted by atomic mass is 32.2. The van der Waals surface area contributed by atoms with E-state index in [9.17, 15) is 13.2 Å². The van der Waals surface area contributed by atoms with Crippen molar-refractivity contribution >= 4 is 21.6 Å². The van der Waals surface area contributed by atoms with Gasteiger partial charge in [0.05, 0.1) is 17.0 Å². The number of nitrogens with zero attached hydrogens (tertiary/aromatic N) is 1. The third-order valence-corrected chi connectivity index (χ3v) is 3.57. The molecule has 8 heteroatoms. The van der Waals surface area contributed by atoms with Gasteiger partial charge in [0.25, 0.3) is 0 Å². The number of hydrogen-bond acceptors (Lipinski definition) is 5. The van der Waals surface area contributed by atoms with Gasteiger partial charge in [-0.2, -0.15) is 5.26 Å². The lowest BCUT2D eigenvalue weighted by atomic mass is 10.2. The zero-order valence-electron chi connectivity index (χ0n) is 9.60. The summed E-state index contributed by atoms with van der Waals surface area (Å²) in [6, 6.07) is 5.60. The van der Waals surface area contributed by atoms with E-state index in [1.54, 1.807) is 6.07 Å². The van der Waals surface area contributed by atoms with Crippen molar-refractivity contribution in [2.24, 2.45) is 0 Å². The smallest absolute Gasteiger partial charge is 0.242 e. The van der Waals surface area contributed by atoms with Crippen LogP contribution in [0.1, 0.15) is 5.56 Å². The minimum atomic E-state index is -3.91. The van der Waals surface area contributed by atoms with Crippen LogP contribution in [0.4, 0.5) is 5.69 Å². The largest absolute Gasteiger partial charge is 0.399 e. The van der Waals surface area contributed by atoms with Gasteiger partial charge in [0.2, 0.25) is 15.9 Å². The predicted octanol–water partition coefficient (Wildman–Crippen LogP) is -0.835. The molecule has 0 unspecified atom stereocenters. The molecule has 4 N–H and O–H groups in total. The molecule has 0 aliphatic rings. The zero-order chi connectivity index (χ0) is 13.8. The number of nitrogens with one attached hydrogen (secondary N) is 2. The number of amides is 1. The van der Waals surface area contributed by atoms with Crippen LogP contribution in [-0.4, -0.2) is 27.9 Å². The lowest BCUT2D eigenvalue weighted by Gasteiger charge is -2.08. The quantitative estimate of drug-likeness (QED) is 0.614. The third kappa shape index (κ3) is 3.19. The summed E-state index contributed by atoms with van der Waals surface area (Å²) < 4.78 is 25.8. The molecule has 0 spiro atoms. The molecule has 0 saturated heterocycles. The maximum Gasteiger partial charge on any atom is 0.242 e. The van der Waals surface area contributed by atoms with Crippen LogP contribution in [0.2, 0.25) is 0 Å². The van der Waals surface area contributed by atoms with E-state index in [4.69, 9.17) is 11.0 Å². The summed E-state index contributed by atoms with van der Waals surface area (Å²) in [7, 11) is -2.52. The molecule has 0 saturated carbocycles. The van der Waals surface area contributed by atoms with Crippen LogP contribution in [0.3, 0.4) is 0 Å². The molecule has 0 heterocycles. The number of hydrogen-bond donors (Lipinski definition) is 3. The summed E-state index contributed by atoms with van der Waals surface area (Å²) in [6.45, 7) is -0.395. The Kier molecular flexibility index (Phi) is 4.25. The second-order valence-electron chi connectivity index (χ2n) is 3.37. The normalized spacial score (nSPS) is 10.7. The van der Waals surface area contributed by atoms with E-state index in [1.165, 1.54) is 25.2 Å². The van der Waals surface area contributed by atoms with Gasteiger partial charge in [-0.25, -0.2) is 13.1 Å². The number of likely N-dealkylation sites (N-methyl/N-ethyl adjacent to an activating group) is 1. The summed E-state index contributed by atoms with van der Waals surface area (Å²) >= 11 is 0. The molecule has 0 aliphatic heterocycles. The standard InChI is InChI=1S/C10H12N4O3S/c1-13-10(15)6-14-18(16,17)9-3-2-8(12)4-7(9)5-11/h2-4,14H,6,12H2,1H3,(H,13,15). The van der Waals surface area contributed by atoms with Crippen LogP contribution in [-0.2, 0) is 14.8 Å². The van der Waals surface area contributed by atoms with Crippen molar-refractivity contribution < 1.29 is 13.2 Å². The molecule has 7 nitrogen and oxygen atoms in total. The van der Waals surface area contributed by atoms with Gasteiger partial charge in [0.1, 0.15) is 6.07 Å². The van der Waals surface area contributed by atoms with E-state index in [2.05, 4.69) is 10.0 Å². The monoisotopic (exact) mass is 268 g/mol. The summed E-state index contributed by atoms with van der Waals surface area (Å²) in [5, 5.41) is 11.1. The molecule has 0 bridgehead atoms. The second kappa shape index (κ2) is 5.48. The van der Waals surface area contributed by atoms with Crippen molar-refractivity contribution in [3.8, 4) is 6.07 Å². The Labute approximate surface area is 105 Å². The number of nitriles is 1. The lowest BCUT2D eigenvalue weighted by molar-refractivity contribution is -0.119. The highest BCUT2D eigenvalue weighted by molar-refractivity contribution is 7.89. The van der Waals surface area contributed by atoms with Crippen LogP contribution in [0.15, 0.2) is 23.1 Å². The SMILES string of the molecule is CNC(=O)CNS(=O)(=O)c1ccc(N)cc1C#N. The van der Waals surface area contributed by atoms with E-state index >= 15 is 0 Å². The molecule has 1 rings (SSSR count). The summed E-state index contributed by atoms with van der Waals surface area (Å²) in [4.78, 5) is 10.8. The zero-order valence-corrected chi connectivity index (χ0v) is 10.4. The van der Waals surface area contributed by atoms with Gasteiger partial charge in [0, 0.05) is 12.7 Å². The maximum atomic E-state index is 11.9. The molecular weight excluding hydrogens is 256 g/mol. The average Bonchev–Trinajstić information content (AvgIpc) is 2.35. The predicted molar refractivity (Wildman–Crippen MR) is 64.8 cm³/mol. The van der Waals surface area contributed by atoms with E-state index < -0.39 is 22.5 Å². The molecule has 0 radical (unpaired) electrons. The minimum absolute atomic E-state index is 0.0700. The van der Waals surface area contributed by atoms with Crippen LogP contribution in [0.5, 0.6) is 0 Å². The van der Waals surface area contributed by atoms with Gasteiger partial charge in [-0.15, -0.1) is 0 Å². The molecule has 0 aliphatic carbocycles. The molecular formula is C10H12N4O3S. The first kappa shape index (κ1) is 14.0. The Morgan fingerprint density at radius 1 is 1.50 bits per heavy atom. The van der Waals surface area contributed by atoms with E-state index in [-0.39, 0.29) is 16.1 Å².